The van der Waals surface area contributed by atoms with Gasteiger partial charge in [-0.3, -0.25) is 4.79 Å². The van der Waals surface area contributed by atoms with Crippen molar-refractivity contribution in [2.75, 3.05) is 12.8 Å². The zero-order valence-electron chi connectivity index (χ0n) is 21.1. The van der Waals surface area contributed by atoms with Gasteiger partial charge in [0.25, 0.3) is 0 Å². The van der Waals surface area contributed by atoms with Crippen molar-refractivity contribution in [2.45, 2.75) is 33.1 Å². The summed E-state index contributed by atoms with van der Waals surface area (Å²) in [6.45, 7) is 4.07. The molecule has 4 heteroatoms. The Morgan fingerprint density at radius 3 is 1.72 bits per heavy atom. The summed E-state index contributed by atoms with van der Waals surface area (Å²) < 4.78 is 6.25. The molecule has 4 aromatic rings. The summed E-state index contributed by atoms with van der Waals surface area (Å²) in [5.41, 5.74) is 1.08. The molecule has 0 spiro atoms. The van der Waals surface area contributed by atoms with Crippen LogP contribution in [0.1, 0.15) is 42.6 Å². The molecule has 0 aliphatic rings. The van der Waals surface area contributed by atoms with Gasteiger partial charge in [0.2, 0.25) is 0 Å². The quantitative estimate of drug-likeness (QED) is 0.150. The Kier molecular flexibility index (Phi) is 8.57. The minimum atomic E-state index is -1.90. The maximum absolute atomic E-state index is 11.9. The summed E-state index contributed by atoms with van der Waals surface area (Å²) in [7, 11) is -1.90. The van der Waals surface area contributed by atoms with Crippen molar-refractivity contribution in [3.8, 4) is 11.5 Å². The number of ketones is 1. The maximum atomic E-state index is 11.9. The van der Waals surface area contributed by atoms with E-state index >= 15 is 0 Å². The molecule has 0 unspecified atom stereocenters. The lowest BCUT2D eigenvalue weighted by Gasteiger charge is -2.27. The van der Waals surface area contributed by atoms with Gasteiger partial charge in [0.15, 0.2) is 5.78 Å². The lowest BCUT2D eigenvalue weighted by Crippen LogP contribution is -2.33. The van der Waals surface area contributed by atoms with Crippen LogP contribution in [0, 0.1) is 0 Å². The molecule has 3 nitrogen and oxygen atoms in total. The number of benzene rings is 4. The second kappa shape index (κ2) is 12.0. The Morgan fingerprint density at radius 2 is 1.28 bits per heavy atom. The Labute approximate surface area is 215 Å². The number of phenolic OH excluding ortho intramolecular Hbond substituents is 1. The van der Waals surface area contributed by atoms with E-state index in [2.05, 4.69) is 97.9 Å². The Hall–Kier alpha value is -3.42. The number of phenols is 1. The molecule has 0 saturated heterocycles. The number of rotatable bonds is 11. The molecule has 0 aliphatic carbocycles. The number of hydrogen-bond donors (Lipinski definition) is 1. The molecule has 0 fully saturated rings. The largest absolute Gasteiger partial charge is 0.507 e. The summed E-state index contributed by atoms with van der Waals surface area (Å²) in [5, 5.41) is 14.8. The molecule has 0 aromatic heterocycles. The van der Waals surface area contributed by atoms with Gasteiger partial charge in [-0.15, -0.1) is 0 Å². The highest BCUT2D eigenvalue weighted by molar-refractivity contribution is 7.95. The van der Waals surface area contributed by atoms with Crippen molar-refractivity contribution < 1.29 is 14.6 Å². The fourth-order valence-corrected chi connectivity index (χ4v) is 9.21. The van der Waals surface area contributed by atoms with Crippen molar-refractivity contribution in [3.63, 3.8) is 0 Å². The maximum Gasteiger partial charge on any atom is 0.163 e. The molecule has 184 valence electrons. The first-order valence-electron chi connectivity index (χ1n) is 12.6. The van der Waals surface area contributed by atoms with Crippen LogP contribution in [0.5, 0.6) is 11.5 Å². The monoisotopic (exact) mass is 497 g/mol. The number of ether oxygens (including phenoxy) is 1. The molecule has 4 rings (SSSR count). The predicted octanol–water partition coefficient (Wildman–Crippen LogP) is 6.31. The lowest BCUT2D eigenvalue weighted by atomic mass is 10.0. The molecule has 1 N–H and O–H groups in total. The molecule has 0 amide bonds. The second-order valence-electron chi connectivity index (χ2n) is 8.99. The van der Waals surface area contributed by atoms with E-state index in [9.17, 15) is 9.90 Å². The van der Waals surface area contributed by atoms with Gasteiger partial charge in [-0.1, -0.05) is 67.9 Å². The Morgan fingerprint density at radius 1 is 0.778 bits per heavy atom. The number of aromatic hydroxyl groups is 1. The van der Waals surface area contributed by atoms with E-state index in [0.29, 0.717) is 24.3 Å². The van der Waals surface area contributed by atoms with Crippen molar-refractivity contribution in [3.05, 3.63) is 114 Å². The zero-order valence-corrected chi connectivity index (χ0v) is 22.0. The topological polar surface area (TPSA) is 46.5 Å². The molecule has 0 aliphatic heterocycles. The molecular formula is C32H34O3P+. The first-order valence-corrected chi connectivity index (χ1v) is 14.6. The number of carbonyl (C=O) groups is 1. The number of Topliss-reactive ketones (excluding diaryl/α,β-unsaturated/α-hetero) is 1. The van der Waals surface area contributed by atoms with Crippen molar-refractivity contribution >= 4 is 29.0 Å². The van der Waals surface area contributed by atoms with Gasteiger partial charge >= 0.3 is 0 Å². The van der Waals surface area contributed by atoms with Crippen LogP contribution in [-0.4, -0.2) is 23.7 Å². The van der Waals surface area contributed by atoms with E-state index in [0.717, 1.165) is 24.6 Å². The smallest absolute Gasteiger partial charge is 0.163 e. The van der Waals surface area contributed by atoms with Crippen LogP contribution in [-0.2, 0) is 6.42 Å². The van der Waals surface area contributed by atoms with Crippen LogP contribution in [0.25, 0.3) is 0 Å². The fraction of sp³-hybridized carbons (Fsp3) is 0.219. The Balaban J connectivity index is 1.65. The van der Waals surface area contributed by atoms with E-state index in [4.69, 9.17) is 4.74 Å². The van der Waals surface area contributed by atoms with Gasteiger partial charge in [0.05, 0.1) is 18.3 Å². The van der Waals surface area contributed by atoms with Crippen LogP contribution >= 0.6 is 7.26 Å². The first-order chi connectivity index (χ1) is 17.6. The molecule has 0 atom stereocenters. The molecule has 0 heterocycles. The van der Waals surface area contributed by atoms with E-state index in [1.165, 1.54) is 22.8 Å². The van der Waals surface area contributed by atoms with Crippen LogP contribution in [0.4, 0.5) is 0 Å². The summed E-state index contributed by atoms with van der Waals surface area (Å²) in [6, 6.07) is 36.0. The molecule has 36 heavy (non-hydrogen) atoms. The van der Waals surface area contributed by atoms with Gasteiger partial charge in [0, 0.05) is 12.0 Å². The first kappa shape index (κ1) is 25.7. The van der Waals surface area contributed by atoms with Crippen molar-refractivity contribution in [1.82, 2.24) is 0 Å². The SMILES string of the molecule is CCCc1c(OCCC[P+](c2ccccc2)(c2ccccc2)c2ccccc2)ccc(C(C)=O)c1O. The number of carbonyl (C=O) groups excluding carboxylic acids is 1. The molecule has 4 aromatic carbocycles. The van der Waals surface area contributed by atoms with Crippen LogP contribution in [0.2, 0.25) is 0 Å². The minimum Gasteiger partial charge on any atom is -0.507 e. The normalized spacial score (nSPS) is 11.3. The summed E-state index contributed by atoms with van der Waals surface area (Å²) >= 11 is 0. The number of hydrogen-bond acceptors (Lipinski definition) is 3. The van der Waals surface area contributed by atoms with E-state index in [-0.39, 0.29) is 11.5 Å². The van der Waals surface area contributed by atoms with Gasteiger partial charge in [-0.25, -0.2) is 0 Å². The van der Waals surface area contributed by atoms with E-state index < -0.39 is 7.26 Å². The fourth-order valence-electron chi connectivity index (χ4n) is 4.89. The molecule has 0 saturated carbocycles. The molecular weight excluding hydrogens is 463 g/mol. The molecule has 0 radical (unpaired) electrons. The third-order valence-electron chi connectivity index (χ3n) is 6.61. The molecule has 0 bridgehead atoms. The summed E-state index contributed by atoms with van der Waals surface area (Å²) in [4.78, 5) is 11.9. The average molecular weight is 498 g/mol. The van der Waals surface area contributed by atoms with Gasteiger partial charge in [-0.2, -0.15) is 0 Å². The predicted molar refractivity (Wildman–Crippen MR) is 152 cm³/mol. The van der Waals surface area contributed by atoms with E-state index in [1.807, 2.05) is 6.07 Å². The van der Waals surface area contributed by atoms with Crippen LogP contribution < -0.4 is 20.7 Å². The minimum absolute atomic E-state index is 0.0570. The highest BCUT2D eigenvalue weighted by Crippen LogP contribution is 2.55. The van der Waals surface area contributed by atoms with Crippen LogP contribution in [0.3, 0.4) is 0 Å². The summed E-state index contributed by atoms with van der Waals surface area (Å²) in [5.74, 6) is 0.587. The van der Waals surface area contributed by atoms with Crippen molar-refractivity contribution in [1.29, 1.82) is 0 Å². The third-order valence-corrected chi connectivity index (χ3v) is 11.1. The van der Waals surface area contributed by atoms with E-state index in [1.54, 1.807) is 6.07 Å². The van der Waals surface area contributed by atoms with Crippen LogP contribution in [0.15, 0.2) is 103 Å². The average Bonchev–Trinajstić information content (AvgIpc) is 2.92. The lowest BCUT2D eigenvalue weighted by molar-refractivity contribution is 0.101. The highest BCUT2D eigenvalue weighted by Gasteiger charge is 2.44. The standard InChI is InChI=1S/C32H33O3P/c1-3-14-30-31(22-21-29(25(2)33)32(30)34)35-23-13-24-36(26-15-7-4-8-16-26,27-17-9-5-10-18-27)28-19-11-6-12-20-28/h4-12,15-22H,3,13-14,23-24H2,1-2H3/p+1. The second-order valence-corrected chi connectivity index (χ2v) is 12.6. The van der Waals surface area contributed by atoms with Crippen molar-refractivity contribution in [2.24, 2.45) is 0 Å². The zero-order chi connectivity index (χ0) is 25.4. The highest BCUT2D eigenvalue weighted by atomic mass is 31.2. The summed E-state index contributed by atoms with van der Waals surface area (Å²) in [6.07, 6.45) is 3.34. The van der Waals surface area contributed by atoms with Gasteiger partial charge < -0.3 is 9.84 Å². The third kappa shape index (κ3) is 5.37. The van der Waals surface area contributed by atoms with Gasteiger partial charge in [0.1, 0.15) is 34.7 Å². The van der Waals surface area contributed by atoms with Gasteiger partial charge in [-0.05, 0) is 61.9 Å². The Bertz CT molecular complexity index is 1170.